The van der Waals surface area contributed by atoms with E-state index in [2.05, 4.69) is 5.10 Å². The highest BCUT2D eigenvalue weighted by Gasteiger charge is 2.29. The lowest BCUT2D eigenvalue weighted by atomic mass is 10.1. The van der Waals surface area contributed by atoms with Crippen LogP contribution in [0.3, 0.4) is 0 Å². The molecule has 0 bridgehead atoms. The molecule has 0 aliphatic heterocycles. The van der Waals surface area contributed by atoms with Gasteiger partial charge in [-0.05, 0) is 20.8 Å². The average Bonchev–Trinajstić information content (AvgIpc) is 2.41. The van der Waals surface area contributed by atoms with E-state index in [0.29, 0.717) is 0 Å². The molecule has 15 heavy (non-hydrogen) atoms. The molecular weight excluding hydrogens is 209 g/mol. The second-order valence-electron chi connectivity index (χ2n) is 4.09. The number of methoxy groups -OCH3 is 1. The first-order chi connectivity index (χ1) is 6.79. The quantitative estimate of drug-likeness (QED) is 0.769. The molecule has 3 nitrogen and oxygen atoms in total. The van der Waals surface area contributed by atoms with Gasteiger partial charge in [0.1, 0.15) is 0 Å². The van der Waals surface area contributed by atoms with E-state index in [0.717, 1.165) is 4.68 Å². The molecule has 86 valence electrons. The smallest absolute Gasteiger partial charge is 0.285 e. The Morgan fingerprint density at radius 2 is 1.87 bits per heavy atom. The van der Waals surface area contributed by atoms with E-state index in [1.807, 2.05) is 0 Å². The van der Waals surface area contributed by atoms with Crippen molar-refractivity contribution in [1.82, 2.24) is 9.78 Å². The van der Waals surface area contributed by atoms with Gasteiger partial charge in [0.15, 0.2) is 5.69 Å². The number of rotatable bonds is 2. The Kier molecular flexibility index (Phi) is 2.97. The third-order valence-corrected chi connectivity index (χ3v) is 1.85. The summed E-state index contributed by atoms with van der Waals surface area (Å²) in [7, 11) is 1.22. The number of hydrogen-bond donors (Lipinski definition) is 0. The van der Waals surface area contributed by atoms with Gasteiger partial charge in [0.25, 0.3) is 6.43 Å². The Hall–Kier alpha value is -1.20. The van der Waals surface area contributed by atoms with Crippen molar-refractivity contribution < 1.29 is 17.9 Å². The van der Waals surface area contributed by atoms with Crippen molar-refractivity contribution in [3.63, 3.8) is 0 Å². The molecule has 0 amide bonds. The minimum absolute atomic E-state index is 0.266. The Labute approximate surface area is 85.8 Å². The van der Waals surface area contributed by atoms with Crippen LogP contribution in [0.4, 0.5) is 13.2 Å². The summed E-state index contributed by atoms with van der Waals surface area (Å²) in [5.41, 5.74) is -1.49. The molecule has 1 rings (SSSR count). The highest BCUT2D eigenvalue weighted by molar-refractivity contribution is 5.22. The van der Waals surface area contributed by atoms with Crippen molar-refractivity contribution in [3.8, 4) is 5.88 Å². The van der Waals surface area contributed by atoms with Crippen LogP contribution in [0.15, 0.2) is 0 Å². The largest absolute Gasteiger partial charge is 0.479 e. The molecule has 0 fully saturated rings. The van der Waals surface area contributed by atoms with Crippen LogP contribution in [0.25, 0.3) is 0 Å². The van der Waals surface area contributed by atoms with Gasteiger partial charge in [0.2, 0.25) is 11.7 Å². The Balaban J connectivity index is 3.35. The lowest BCUT2D eigenvalue weighted by Gasteiger charge is -2.20. The van der Waals surface area contributed by atoms with Gasteiger partial charge in [-0.15, -0.1) is 0 Å². The first-order valence-electron chi connectivity index (χ1n) is 4.40. The van der Waals surface area contributed by atoms with Gasteiger partial charge in [-0.3, -0.25) is 0 Å². The molecule has 1 aromatic heterocycles. The van der Waals surface area contributed by atoms with Crippen molar-refractivity contribution >= 4 is 0 Å². The van der Waals surface area contributed by atoms with E-state index in [4.69, 9.17) is 4.74 Å². The normalized spacial score (nSPS) is 12.3. The van der Waals surface area contributed by atoms with Crippen LogP contribution in [0.1, 0.15) is 32.9 Å². The molecule has 0 aliphatic carbocycles. The van der Waals surface area contributed by atoms with E-state index in [9.17, 15) is 13.2 Å². The molecule has 0 unspecified atom stereocenters. The number of aromatic nitrogens is 2. The highest BCUT2D eigenvalue weighted by atomic mass is 19.3. The van der Waals surface area contributed by atoms with Gasteiger partial charge in [-0.2, -0.15) is 9.49 Å². The zero-order valence-electron chi connectivity index (χ0n) is 9.01. The summed E-state index contributed by atoms with van der Waals surface area (Å²) in [5.74, 6) is -1.36. The van der Waals surface area contributed by atoms with Gasteiger partial charge < -0.3 is 4.74 Å². The van der Waals surface area contributed by atoms with E-state index >= 15 is 0 Å². The molecule has 0 N–H and O–H groups in total. The molecule has 0 aliphatic rings. The average molecular weight is 222 g/mol. The summed E-state index contributed by atoms with van der Waals surface area (Å²) >= 11 is 0. The van der Waals surface area contributed by atoms with Gasteiger partial charge in [0.05, 0.1) is 12.6 Å². The van der Waals surface area contributed by atoms with E-state index in [1.54, 1.807) is 20.8 Å². The van der Waals surface area contributed by atoms with Crippen molar-refractivity contribution in [2.75, 3.05) is 7.11 Å². The van der Waals surface area contributed by atoms with Crippen LogP contribution in [0, 0.1) is 5.82 Å². The molecule has 1 heterocycles. The van der Waals surface area contributed by atoms with Crippen LogP contribution in [-0.4, -0.2) is 16.9 Å². The van der Waals surface area contributed by atoms with Crippen LogP contribution in [0.5, 0.6) is 5.88 Å². The standard InChI is InChI=1S/C9H13F3N2O/c1-9(2,3)14-8(15-4)5(10)6(13-14)7(11)12/h7H,1-4H3. The summed E-state index contributed by atoms with van der Waals surface area (Å²) in [5, 5.41) is 3.52. The summed E-state index contributed by atoms with van der Waals surface area (Å²) in [6.07, 6.45) is -2.94. The molecular formula is C9H13F3N2O. The third-order valence-electron chi connectivity index (χ3n) is 1.85. The maximum absolute atomic E-state index is 13.4. The molecule has 0 aromatic carbocycles. The fourth-order valence-corrected chi connectivity index (χ4v) is 1.17. The zero-order chi connectivity index (χ0) is 11.8. The molecule has 0 saturated carbocycles. The van der Waals surface area contributed by atoms with E-state index in [-0.39, 0.29) is 5.88 Å². The molecule has 0 saturated heterocycles. The minimum atomic E-state index is -2.94. The number of hydrogen-bond acceptors (Lipinski definition) is 2. The monoisotopic (exact) mass is 222 g/mol. The van der Waals surface area contributed by atoms with E-state index in [1.165, 1.54) is 7.11 Å². The van der Waals surface area contributed by atoms with Crippen molar-refractivity contribution in [3.05, 3.63) is 11.5 Å². The van der Waals surface area contributed by atoms with Gasteiger partial charge in [0, 0.05) is 0 Å². The Morgan fingerprint density at radius 3 is 2.13 bits per heavy atom. The van der Waals surface area contributed by atoms with Gasteiger partial charge >= 0.3 is 0 Å². The number of nitrogens with zero attached hydrogens (tertiary/aromatic N) is 2. The third kappa shape index (κ3) is 2.08. The summed E-state index contributed by atoms with van der Waals surface area (Å²) in [6, 6.07) is 0. The van der Waals surface area contributed by atoms with Crippen molar-refractivity contribution in [2.24, 2.45) is 0 Å². The highest BCUT2D eigenvalue weighted by Crippen LogP contribution is 2.31. The second-order valence-corrected chi connectivity index (χ2v) is 4.09. The second kappa shape index (κ2) is 3.75. The fourth-order valence-electron chi connectivity index (χ4n) is 1.17. The van der Waals surface area contributed by atoms with Gasteiger partial charge in [-0.25, -0.2) is 13.5 Å². The minimum Gasteiger partial charge on any atom is -0.479 e. The molecule has 6 heteroatoms. The number of halogens is 3. The summed E-state index contributed by atoms with van der Waals surface area (Å²) < 4.78 is 44.0. The van der Waals surface area contributed by atoms with Gasteiger partial charge in [-0.1, -0.05) is 0 Å². The molecule has 0 spiro atoms. The SMILES string of the molecule is COc1c(F)c(C(F)F)nn1C(C)(C)C. The summed E-state index contributed by atoms with van der Waals surface area (Å²) in [6.45, 7) is 5.16. The summed E-state index contributed by atoms with van der Waals surface area (Å²) in [4.78, 5) is 0. The van der Waals surface area contributed by atoms with Crippen LogP contribution < -0.4 is 4.74 Å². The zero-order valence-corrected chi connectivity index (χ0v) is 9.01. The van der Waals surface area contributed by atoms with Crippen LogP contribution in [0.2, 0.25) is 0 Å². The lowest BCUT2D eigenvalue weighted by Crippen LogP contribution is -2.24. The van der Waals surface area contributed by atoms with Crippen LogP contribution in [-0.2, 0) is 5.54 Å². The fraction of sp³-hybridized carbons (Fsp3) is 0.667. The molecule has 0 radical (unpaired) electrons. The van der Waals surface area contributed by atoms with Crippen LogP contribution >= 0.6 is 0 Å². The topological polar surface area (TPSA) is 27.1 Å². The first kappa shape index (κ1) is 11.9. The molecule has 1 aromatic rings. The maximum Gasteiger partial charge on any atom is 0.285 e. The number of alkyl halides is 2. The Bertz CT molecular complexity index is 355. The molecule has 0 atom stereocenters. The Morgan fingerprint density at radius 1 is 1.33 bits per heavy atom. The first-order valence-corrected chi connectivity index (χ1v) is 4.40. The van der Waals surface area contributed by atoms with E-state index < -0.39 is 23.5 Å². The number of ether oxygens (including phenoxy) is 1. The maximum atomic E-state index is 13.4. The predicted molar refractivity (Wildman–Crippen MR) is 48.7 cm³/mol. The van der Waals surface area contributed by atoms with Crippen molar-refractivity contribution in [1.29, 1.82) is 0 Å². The van der Waals surface area contributed by atoms with Crippen molar-refractivity contribution in [2.45, 2.75) is 32.7 Å². The predicted octanol–water partition coefficient (Wildman–Crippen LogP) is 2.72. The lowest BCUT2D eigenvalue weighted by molar-refractivity contribution is 0.139.